The zero-order valence-electron chi connectivity index (χ0n) is 16.2. The summed E-state index contributed by atoms with van der Waals surface area (Å²) in [5.74, 6) is -0.282. The highest BCUT2D eigenvalue weighted by molar-refractivity contribution is 7.90. The van der Waals surface area contributed by atoms with Gasteiger partial charge in [0.2, 0.25) is 0 Å². The molecule has 0 saturated heterocycles. The molecule has 156 valence electrons. The maximum atomic E-state index is 12.6. The summed E-state index contributed by atoms with van der Waals surface area (Å²) in [6, 6.07) is 22.0. The van der Waals surface area contributed by atoms with Gasteiger partial charge in [-0.05, 0) is 36.4 Å². The van der Waals surface area contributed by atoms with Crippen LogP contribution in [0.2, 0.25) is 0 Å². The Kier molecular flexibility index (Phi) is 5.50. The van der Waals surface area contributed by atoms with Gasteiger partial charge >= 0.3 is 0 Å². The number of hydrogen-bond acceptors (Lipinski definition) is 6. The Balaban J connectivity index is 1.60. The molecule has 2 N–H and O–H groups in total. The Bertz CT molecular complexity index is 1290. The summed E-state index contributed by atoms with van der Waals surface area (Å²) in [6.45, 7) is -0.217. The van der Waals surface area contributed by atoms with Crippen LogP contribution in [0.1, 0.15) is 11.1 Å². The van der Waals surface area contributed by atoms with Gasteiger partial charge in [0.15, 0.2) is 5.84 Å². The predicted octanol–water partition coefficient (Wildman–Crippen LogP) is 2.50. The van der Waals surface area contributed by atoms with Gasteiger partial charge < -0.3 is 10.0 Å². The van der Waals surface area contributed by atoms with E-state index in [9.17, 15) is 18.3 Å². The molecule has 3 aromatic carbocycles. The number of para-hydroxylation sites is 2. The van der Waals surface area contributed by atoms with Crippen molar-refractivity contribution in [3.63, 3.8) is 0 Å². The third kappa shape index (κ3) is 4.31. The number of nitrogens with one attached hydrogen (secondary N) is 1. The number of carbonyl (C=O) groups excluding carboxylic acids is 1. The van der Waals surface area contributed by atoms with Gasteiger partial charge in [0.05, 0.1) is 6.21 Å². The normalized spacial score (nSPS) is 14.1. The highest BCUT2D eigenvalue weighted by atomic mass is 32.2. The Morgan fingerprint density at radius 1 is 1.00 bits per heavy atom. The van der Waals surface area contributed by atoms with E-state index in [4.69, 9.17) is 0 Å². The molecule has 0 spiro atoms. The fraction of sp³-hybridized carbons (Fsp3) is 0.0455. The number of amidine groups is 1. The number of benzene rings is 3. The van der Waals surface area contributed by atoms with Gasteiger partial charge in [-0.25, -0.2) is 5.43 Å². The number of hydrogen-bond donors (Lipinski definition) is 2. The number of aromatic hydroxyl groups is 1. The zero-order chi connectivity index (χ0) is 21.8. The lowest BCUT2D eigenvalue weighted by Crippen LogP contribution is -2.39. The van der Waals surface area contributed by atoms with Crippen LogP contribution in [0.4, 0.5) is 5.69 Å². The molecule has 1 heterocycles. The number of phenols is 1. The zero-order valence-corrected chi connectivity index (χ0v) is 17.0. The standard InChI is InChI=1S/C22H18N4O4S/c27-19-12-6-4-8-16(19)14-23-24-21(28)15-26(17-9-2-1-3-10-17)22-18-11-5-7-13-20(18)31(29,30)25-22/h1-14,27H,15H2,(H,24,28). The van der Waals surface area contributed by atoms with Gasteiger partial charge in [-0.1, -0.05) is 42.5 Å². The maximum absolute atomic E-state index is 12.6. The topological polar surface area (TPSA) is 111 Å². The van der Waals surface area contributed by atoms with Gasteiger partial charge in [0.25, 0.3) is 15.9 Å². The molecule has 1 aliphatic rings. The van der Waals surface area contributed by atoms with Crippen LogP contribution < -0.4 is 10.3 Å². The Morgan fingerprint density at radius 2 is 1.68 bits per heavy atom. The Morgan fingerprint density at radius 3 is 2.45 bits per heavy atom. The van der Waals surface area contributed by atoms with Crippen molar-refractivity contribution in [1.82, 2.24) is 5.43 Å². The fourth-order valence-electron chi connectivity index (χ4n) is 3.13. The van der Waals surface area contributed by atoms with Crippen LogP contribution in [0.3, 0.4) is 0 Å². The van der Waals surface area contributed by atoms with Gasteiger partial charge in [-0.2, -0.15) is 13.5 Å². The molecular weight excluding hydrogens is 416 g/mol. The second-order valence-electron chi connectivity index (χ2n) is 6.66. The summed E-state index contributed by atoms with van der Waals surface area (Å²) in [5, 5.41) is 13.6. The number of carbonyl (C=O) groups is 1. The van der Waals surface area contributed by atoms with Crippen molar-refractivity contribution in [2.75, 3.05) is 11.4 Å². The van der Waals surface area contributed by atoms with E-state index in [0.29, 0.717) is 16.8 Å². The lowest BCUT2D eigenvalue weighted by molar-refractivity contribution is -0.119. The van der Waals surface area contributed by atoms with Gasteiger partial charge in [0.1, 0.15) is 17.2 Å². The van der Waals surface area contributed by atoms with Crippen LogP contribution in [-0.4, -0.2) is 38.0 Å². The Hall–Kier alpha value is -3.98. The van der Waals surface area contributed by atoms with E-state index in [0.717, 1.165) is 0 Å². The Labute approximate surface area is 179 Å². The number of nitrogens with zero attached hydrogens (tertiary/aromatic N) is 3. The first-order chi connectivity index (χ1) is 15.0. The van der Waals surface area contributed by atoms with Crippen LogP contribution in [0.25, 0.3) is 0 Å². The smallest absolute Gasteiger partial charge is 0.285 e. The molecule has 3 aromatic rings. The molecular formula is C22H18N4O4S. The number of hydrazone groups is 1. The summed E-state index contributed by atoms with van der Waals surface area (Å²) < 4.78 is 28.9. The summed E-state index contributed by atoms with van der Waals surface area (Å²) in [5.41, 5.74) is 3.88. The van der Waals surface area contributed by atoms with Crippen LogP contribution in [-0.2, 0) is 14.8 Å². The molecule has 0 aliphatic carbocycles. The van der Waals surface area contributed by atoms with E-state index in [-0.39, 0.29) is 23.0 Å². The number of phenolic OH excluding ortho intramolecular Hbond substituents is 1. The largest absolute Gasteiger partial charge is 0.507 e. The van der Waals surface area contributed by atoms with E-state index < -0.39 is 15.9 Å². The molecule has 4 rings (SSSR count). The van der Waals surface area contributed by atoms with Crippen molar-refractivity contribution in [1.29, 1.82) is 0 Å². The van der Waals surface area contributed by atoms with E-state index >= 15 is 0 Å². The maximum Gasteiger partial charge on any atom is 0.285 e. The van der Waals surface area contributed by atoms with Crippen molar-refractivity contribution in [3.8, 4) is 5.75 Å². The summed E-state index contributed by atoms with van der Waals surface area (Å²) in [4.78, 5) is 14.2. The van der Waals surface area contributed by atoms with E-state index in [1.165, 1.54) is 23.2 Å². The van der Waals surface area contributed by atoms with Gasteiger partial charge in [-0.15, -0.1) is 4.40 Å². The second-order valence-corrected chi connectivity index (χ2v) is 8.23. The third-order valence-electron chi connectivity index (χ3n) is 4.57. The minimum absolute atomic E-state index is 0.0357. The lowest BCUT2D eigenvalue weighted by Gasteiger charge is -2.23. The molecule has 9 heteroatoms. The predicted molar refractivity (Wildman–Crippen MR) is 118 cm³/mol. The molecule has 0 unspecified atom stereocenters. The first kappa shape index (κ1) is 20.3. The molecule has 0 saturated carbocycles. The molecule has 0 bridgehead atoms. The summed E-state index contributed by atoms with van der Waals surface area (Å²) >= 11 is 0. The van der Waals surface area contributed by atoms with Gasteiger partial charge in [0, 0.05) is 16.8 Å². The molecule has 8 nitrogen and oxygen atoms in total. The minimum Gasteiger partial charge on any atom is -0.507 e. The van der Waals surface area contributed by atoms with Crippen molar-refractivity contribution in [2.45, 2.75) is 4.90 Å². The summed E-state index contributed by atoms with van der Waals surface area (Å²) in [6.07, 6.45) is 1.33. The van der Waals surface area contributed by atoms with Crippen molar-refractivity contribution >= 4 is 33.7 Å². The van der Waals surface area contributed by atoms with E-state index in [1.54, 1.807) is 60.7 Å². The monoisotopic (exact) mass is 434 g/mol. The number of anilines is 1. The first-order valence-electron chi connectivity index (χ1n) is 9.32. The van der Waals surface area contributed by atoms with Crippen LogP contribution in [0.15, 0.2) is 93.3 Å². The van der Waals surface area contributed by atoms with Crippen LogP contribution >= 0.6 is 0 Å². The van der Waals surface area contributed by atoms with Crippen molar-refractivity contribution < 1.29 is 18.3 Å². The molecule has 31 heavy (non-hydrogen) atoms. The van der Waals surface area contributed by atoms with Crippen LogP contribution in [0.5, 0.6) is 5.75 Å². The lowest BCUT2D eigenvalue weighted by atomic mass is 10.1. The van der Waals surface area contributed by atoms with E-state index in [2.05, 4.69) is 14.9 Å². The second kappa shape index (κ2) is 8.41. The fourth-order valence-corrected chi connectivity index (χ4v) is 4.34. The van der Waals surface area contributed by atoms with Crippen molar-refractivity contribution in [3.05, 3.63) is 90.0 Å². The quantitative estimate of drug-likeness (QED) is 0.473. The number of amides is 1. The molecule has 1 amide bonds. The number of fused-ring (bicyclic) bond motifs is 1. The average Bonchev–Trinajstić information content (AvgIpc) is 3.05. The third-order valence-corrected chi connectivity index (χ3v) is 5.89. The first-order valence-corrected chi connectivity index (χ1v) is 10.8. The minimum atomic E-state index is -3.84. The van der Waals surface area contributed by atoms with Crippen LogP contribution in [0, 0.1) is 0 Å². The number of rotatable bonds is 5. The van der Waals surface area contributed by atoms with Gasteiger partial charge in [-0.3, -0.25) is 4.79 Å². The summed E-state index contributed by atoms with van der Waals surface area (Å²) in [7, 11) is -3.84. The van der Waals surface area contributed by atoms with Crippen molar-refractivity contribution in [2.24, 2.45) is 9.50 Å². The molecule has 1 aliphatic heterocycles. The average molecular weight is 434 g/mol. The SMILES string of the molecule is O=C(CN(C1=NS(=O)(=O)c2ccccc21)c1ccccc1)NN=Cc1ccccc1O. The molecule has 0 aromatic heterocycles. The van der Waals surface area contributed by atoms with E-state index in [1.807, 2.05) is 6.07 Å². The molecule has 0 radical (unpaired) electrons. The molecule has 0 fully saturated rings. The highest BCUT2D eigenvalue weighted by Gasteiger charge is 2.33. The highest BCUT2D eigenvalue weighted by Crippen LogP contribution is 2.29. The molecule has 0 atom stereocenters. The number of sulfonamides is 1.